The molecule has 1 rings (SSSR count). The van der Waals surface area contributed by atoms with Crippen LogP contribution in [0.2, 0.25) is 0 Å². The second-order valence-corrected chi connectivity index (χ2v) is 7.59. The minimum Gasteiger partial charge on any atom is -0.478 e. The van der Waals surface area contributed by atoms with Gasteiger partial charge in [-0.2, -0.15) is 13.2 Å². The van der Waals surface area contributed by atoms with Crippen molar-refractivity contribution < 1.29 is 31.5 Å². The first-order chi connectivity index (χ1) is 9.44. The Balaban J connectivity index is 3.08. The lowest BCUT2D eigenvalue weighted by Gasteiger charge is -2.11. The van der Waals surface area contributed by atoms with Crippen LogP contribution in [0.3, 0.4) is 0 Å². The molecule has 0 aliphatic carbocycles. The highest BCUT2D eigenvalue weighted by molar-refractivity contribution is 8.01. The lowest BCUT2D eigenvalue weighted by Crippen LogP contribution is -2.14. The number of carboxylic acids is 1. The largest absolute Gasteiger partial charge is 0.478 e. The van der Waals surface area contributed by atoms with Crippen LogP contribution in [0.1, 0.15) is 21.5 Å². The summed E-state index contributed by atoms with van der Waals surface area (Å²) in [6, 6.07) is 2.40. The van der Waals surface area contributed by atoms with Gasteiger partial charge in [0.25, 0.3) is 0 Å². The van der Waals surface area contributed by atoms with Gasteiger partial charge in [-0.25, -0.2) is 13.2 Å². The van der Waals surface area contributed by atoms with Crippen LogP contribution < -0.4 is 0 Å². The molecule has 0 bridgehead atoms. The summed E-state index contributed by atoms with van der Waals surface area (Å²) >= 11 is -0.421. The first-order valence-electron chi connectivity index (χ1n) is 5.72. The van der Waals surface area contributed by atoms with Crippen molar-refractivity contribution in [3.05, 3.63) is 28.8 Å². The normalized spacial score (nSPS) is 12.4. The molecule has 1 aromatic rings. The summed E-state index contributed by atoms with van der Waals surface area (Å²) in [5, 5.41) is 8.98. The minimum atomic E-state index is -4.50. The molecular weight excluding hydrogens is 329 g/mol. The number of hydrogen-bond acceptors (Lipinski definition) is 4. The van der Waals surface area contributed by atoms with E-state index in [1.54, 1.807) is 0 Å². The van der Waals surface area contributed by atoms with Crippen molar-refractivity contribution in [1.82, 2.24) is 0 Å². The van der Waals surface area contributed by atoms with E-state index in [1.165, 1.54) is 19.9 Å². The third kappa shape index (κ3) is 4.92. The number of rotatable bonds is 5. The molecule has 0 atom stereocenters. The lowest BCUT2D eigenvalue weighted by atomic mass is 10.1. The Morgan fingerprint density at radius 1 is 1.24 bits per heavy atom. The zero-order chi connectivity index (χ0) is 16.4. The molecule has 21 heavy (non-hydrogen) atoms. The molecule has 0 saturated carbocycles. The fourth-order valence-electron chi connectivity index (χ4n) is 1.77. The Labute approximate surface area is 124 Å². The van der Waals surface area contributed by atoms with Gasteiger partial charge in [-0.1, -0.05) is 6.07 Å². The van der Waals surface area contributed by atoms with Crippen molar-refractivity contribution in [2.45, 2.75) is 24.3 Å². The SMILES string of the molecule is Cc1cc(C)c(S(=O)(=O)CCSC(F)(F)F)cc1C(=O)O. The summed E-state index contributed by atoms with van der Waals surface area (Å²) in [7, 11) is -3.97. The summed E-state index contributed by atoms with van der Waals surface area (Å²) in [6.07, 6.45) is 0. The van der Waals surface area contributed by atoms with E-state index in [2.05, 4.69) is 0 Å². The van der Waals surface area contributed by atoms with Gasteiger partial charge in [0.05, 0.1) is 16.2 Å². The number of aromatic carboxylic acids is 1. The van der Waals surface area contributed by atoms with Crippen molar-refractivity contribution in [2.75, 3.05) is 11.5 Å². The molecule has 1 N–H and O–H groups in total. The monoisotopic (exact) mass is 342 g/mol. The fourth-order valence-corrected chi connectivity index (χ4v) is 4.28. The Bertz CT molecular complexity index is 651. The van der Waals surface area contributed by atoms with Gasteiger partial charge in [0, 0.05) is 5.75 Å². The fraction of sp³-hybridized carbons (Fsp3) is 0.417. The molecule has 1 aromatic carbocycles. The topological polar surface area (TPSA) is 71.4 Å². The van der Waals surface area contributed by atoms with E-state index in [0.717, 1.165) is 6.07 Å². The van der Waals surface area contributed by atoms with E-state index in [4.69, 9.17) is 5.11 Å². The van der Waals surface area contributed by atoms with E-state index in [0.29, 0.717) is 11.1 Å². The Morgan fingerprint density at radius 3 is 2.29 bits per heavy atom. The molecule has 0 amide bonds. The predicted molar refractivity (Wildman–Crippen MR) is 73.4 cm³/mol. The number of benzene rings is 1. The molecule has 0 aliphatic rings. The summed E-state index contributed by atoms with van der Waals surface area (Å²) in [4.78, 5) is 10.8. The Kier molecular flexibility index (Phi) is 5.32. The van der Waals surface area contributed by atoms with Crippen LogP contribution in [-0.2, 0) is 9.84 Å². The first-order valence-corrected chi connectivity index (χ1v) is 8.36. The number of thioether (sulfide) groups is 1. The first kappa shape index (κ1) is 17.8. The maximum Gasteiger partial charge on any atom is 0.441 e. The molecule has 0 unspecified atom stereocenters. The molecule has 0 heterocycles. The minimum absolute atomic E-state index is 0.178. The molecule has 0 fully saturated rings. The zero-order valence-electron chi connectivity index (χ0n) is 11.2. The zero-order valence-corrected chi connectivity index (χ0v) is 12.8. The number of hydrogen-bond donors (Lipinski definition) is 1. The van der Waals surface area contributed by atoms with Crippen molar-refractivity contribution >= 4 is 27.6 Å². The van der Waals surface area contributed by atoms with Crippen LogP contribution in [-0.4, -0.2) is 36.5 Å². The van der Waals surface area contributed by atoms with Crippen LogP contribution in [0.4, 0.5) is 13.2 Å². The van der Waals surface area contributed by atoms with Crippen molar-refractivity contribution in [3.63, 3.8) is 0 Å². The lowest BCUT2D eigenvalue weighted by molar-refractivity contribution is -0.0326. The quantitative estimate of drug-likeness (QED) is 0.890. The standard InChI is InChI=1S/C12H13F3O4S2/c1-7-5-8(2)10(6-9(7)11(16)17)21(18,19)4-3-20-12(13,14)15/h5-6H,3-4H2,1-2H3,(H,16,17). The summed E-state index contributed by atoms with van der Waals surface area (Å²) < 4.78 is 60.2. The van der Waals surface area contributed by atoms with Crippen molar-refractivity contribution in [1.29, 1.82) is 0 Å². The van der Waals surface area contributed by atoms with Gasteiger partial charge in [0.15, 0.2) is 9.84 Å². The van der Waals surface area contributed by atoms with Gasteiger partial charge in [-0.15, -0.1) is 0 Å². The molecule has 0 aromatic heterocycles. The Morgan fingerprint density at radius 2 is 1.81 bits per heavy atom. The second-order valence-electron chi connectivity index (χ2n) is 4.35. The van der Waals surface area contributed by atoms with Crippen molar-refractivity contribution in [3.8, 4) is 0 Å². The molecule has 4 nitrogen and oxygen atoms in total. The van der Waals surface area contributed by atoms with Crippen LogP contribution in [0.15, 0.2) is 17.0 Å². The maximum absolute atomic E-state index is 12.1. The van der Waals surface area contributed by atoms with E-state index in [9.17, 15) is 26.4 Å². The van der Waals surface area contributed by atoms with E-state index >= 15 is 0 Å². The molecule has 0 radical (unpaired) electrons. The highest BCUT2D eigenvalue weighted by Gasteiger charge is 2.29. The molecule has 0 saturated heterocycles. The van der Waals surface area contributed by atoms with E-state index < -0.39 is 44.6 Å². The summed E-state index contributed by atoms with van der Waals surface area (Å²) in [5.74, 6) is -2.63. The third-order valence-electron chi connectivity index (χ3n) is 2.71. The van der Waals surface area contributed by atoms with Crippen LogP contribution in [0.25, 0.3) is 0 Å². The summed E-state index contributed by atoms with van der Waals surface area (Å²) in [6.45, 7) is 2.99. The number of halogens is 3. The van der Waals surface area contributed by atoms with E-state index in [1.807, 2.05) is 0 Å². The van der Waals surface area contributed by atoms with Crippen LogP contribution in [0, 0.1) is 13.8 Å². The number of aryl methyl sites for hydroxylation is 2. The summed E-state index contributed by atoms with van der Waals surface area (Å²) in [5.41, 5.74) is -3.97. The maximum atomic E-state index is 12.1. The predicted octanol–water partition coefficient (Wildman–Crippen LogP) is 3.03. The Hall–Kier alpha value is -1.22. The van der Waals surface area contributed by atoms with Gasteiger partial charge in [0.1, 0.15) is 0 Å². The highest BCUT2D eigenvalue weighted by atomic mass is 32.2. The van der Waals surface area contributed by atoms with Crippen LogP contribution in [0.5, 0.6) is 0 Å². The third-order valence-corrected chi connectivity index (χ3v) is 5.55. The highest BCUT2D eigenvalue weighted by Crippen LogP contribution is 2.31. The average molecular weight is 342 g/mol. The molecule has 118 valence electrons. The smallest absolute Gasteiger partial charge is 0.441 e. The van der Waals surface area contributed by atoms with Gasteiger partial charge in [-0.3, -0.25) is 0 Å². The van der Waals surface area contributed by atoms with Crippen LogP contribution >= 0.6 is 11.8 Å². The molecule has 0 aliphatic heterocycles. The molecular formula is C12H13F3O4S2. The van der Waals surface area contributed by atoms with E-state index in [-0.39, 0.29) is 10.5 Å². The number of carboxylic acid groups (broad SMARTS) is 1. The van der Waals surface area contributed by atoms with Gasteiger partial charge >= 0.3 is 11.5 Å². The molecule has 0 spiro atoms. The number of carbonyl (C=O) groups is 1. The average Bonchev–Trinajstić information content (AvgIpc) is 2.25. The van der Waals surface area contributed by atoms with Gasteiger partial charge in [-0.05, 0) is 42.8 Å². The second kappa shape index (κ2) is 6.27. The van der Waals surface area contributed by atoms with Gasteiger partial charge in [0.2, 0.25) is 0 Å². The molecule has 9 heteroatoms. The van der Waals surface area contributed by atoms with Crippen molar-refractivity contribution in [2.24, 2.45) is 0 Å². The van der Waals surface area contributed by atoms with Gasteiger partial charge < -0.3 is 5.11 Å². The number of alkyl halides is 3. The number of sulfone groups is 1.